The van der Waals surface area contributed by atoms with E-state index in [2.05, 4.69) is 0 Å². The Balaban J connectivity index is 1.31. The predicted octanol–water partition coefficient (Wildman–Crippen LogP) is 2.08. The van der Waals surface area contributed by atoms with E-state index in [1.165, 1.54) is 6.92 Å². The van der Waals surface area contributed by atoms with Gasteiger partial charge in [0.2, 0.25) is 0 Å². The van der Waals surface area contributed by atoms with Crippen molar-refractivity contribution in [3.8, 4) is 0 Å². The van der Waals surface area contributed by atoms with Crippen LogP contribution >= 0.6 is 0 Å². The van der Waals surface area contributed by atoms with Crippen LogP contribution in [0, 0.1) is 0 Å². The molecule has 4 saturated heterocycles. The van der Waals surface area contributed by atoms with E-state index in [1.54, 1.807) is 21.3 Å². The summed E-state index contributed by atoms with van der Waals surface area (Å²) in [5, 5.41) is 11.1. The van der Waals surface area contributed by atoms with Gasteiger partial charge in [-0.1, -0.05) is 0 Å². The molecule has 13 heteroatoms. The first-order valence-corrected chi connectivity index (χ1v) is 15.5. The number of ether oxygens (including phenoxy) is 11. The van der Waals surface area contributed by atoms with Crippen molar-refractivity contribution in [2.45, 2.75) is 165 Å². The normalized spacial score (nSPS) is 47.7. The van der Waals surface area contributed by atoms with E-state index in [0.717, 1.165) is 6.42 Å². The molecule has 0 amide bonds. The topological polar surface area (TPSA) is 139 Å². The zero-order chi connectivity index (χ0) is 31.4. The third kappa shape index (κ3) is 8.64. The van der Waals surface area contributed by atoms with Crippen molar-refractivity contribution in [1.82, 2.24) is 0 Å². The number of hydrogen-bond donors (Lipinski definition) is 1. The van der Waals surface area contributed by atoms with Crippen LogP contribution in [-0.4, -0.2) is 131 Å². The van der Waals surface area contributed by atoms with Gasteiger partial charge < -0.3 is 57.2 Å². The standard InChI is InChI=1S/C30H52O13/c1-14-10-21(33-7)29(16(3)36-14)42-24-11-20(32)27(15(2)37-24)41-25-13-23(35-9)30(18(5)39-25)43-26-12-22(34-8)28(17(4)38-26)40-19(6)31/h14-18,20-30,32H,10-13H2,1-9H3. The Bertz CT molecular complexity index is 865. The molecule has 4 rings (SSSR count). The van der Waals surface area contributed by atoms with E-state index in [9.17, 15) is 9.90 Å². The van der Waals surface area contributed by atoms with Crippen molar-refractivity contribution in [3.63, 3.8) is 0 Å². The first-order chi connectivity index (χ1) is 20.4. The molecule has 16 atom stereocenters. The largest absolute Gasteiger partial charge is 0.457 e. The van der Waals surface area contributed by atoms with E-state index in [0.29, 0.717) is 12.8 Å². The molecule has 0 bridgehead atoms. The molecular weight excluding hydrogens is 568 g/mol. The molecule has 0 spiro atoms. The summed E-state index contributed by atoms with van der Waals surface area (Å²) in [5.41, 5.74) is 0. The second-order valence-electron chi connectivity index (χ2n) is 12.2. The Morgan fingerprint density at radius 3 is 1.47 bits per heavy atom. The van der Waals surface area contributed by atoms with Gasteiger partial charge >= 0.3 is 5.97 Å². The van der Waals surface area contributed by atoms with Crippen molar-refractivity contribution in [2.75, 3.05) is 21.3 Å². The molecule has 16 unspecified atom stereocenters. The Morgan fingerprint density at radius 2 is 0.977 bits per heavy atom. The molecule has 43 heavy (non-hydrogen) atoms. The summed E-state index contributed by atoms with van der Waals surface area (Å²) in [6.07, 6.45) is -5.22. The van der Waals surface area contributed by atoms with Crippen LogP contribution in [-0.2, 0) is 56.9 Å². The average Bonchev–Trinajstić information content (AvgIpc) is 2.94. The van der Waals surface area contributed by atoms with E-state index in [1.807, 2.05) is 34.6 Å². The van der Waals surface area contributed by atoms with Crippen LogP contribution in [0.1, 0.15) is 67.2 Å². The summed E-state index contributed by atoms with van der Waals surface area (Å²) >= 11 is 0. The first-order valence-electron chi connectivity index (χ1n) is 15.5. The fourth-order valence-electron chi connectivity index (χ4n) is 6.72. The van der Waals surface area contributed by atoms with Crippen LogP contribution in [0.2, 0.25) is 0 Å². The van der Waals surface area contributed by atoms with Crippen LogP contribution in [0.4, 0.5) is 0 Å². The Morgan fingerprint density at radius 1 is 0.581 bits per heavy atom. The maximum Gasteiger partial charge on any atom is 0.303 e. The van der Waals surface area contributed by atoms with Gasteiger partial charge in [0.1, 0.15) is 24.4 Å². The summed E-state index contributed by atoms with van der Waals surface area (Å²) in [4.78, 5) is 11.5. The van der Waals surface area contributed by atoms with Gasteiger partial charge in [-0.15, -0.1) is 0 Å². The summed E-state index contributed by atoms with van der Waals surface area (Å²) in [7, 11) is 4.86. The van der Waals surface area contributed by atoms with Gasteiger partial charge in [0.15, 0.2) is 25.0 Å². The second kappa shape index (κ2) is 15.5. The minimum absolute atomic E-state index is 0.0777. The zero-order valence-corrected chi connectivity index (χ0v) is 26.9. The zero-order valence-electron chi connectivity index (χ0n) is 26.9. The van der Waals surface area contributed by atoms with Gasteiger partial charge in [0.25, 0.3) is 0 Å². The monoisotopic (exact) mass is 620 g/mol. The van der Waals surface area contributed by atoms with Gasteiger partial charge in [0, 0.05) is 53.9 Å². The molecule has 13 nitrogen and oxygen atoms in total. The van der Waals surface area contributed by atoms with Crippen molar-refractivity contribution < 1.29 is 62.0 Å². The van der Waals surface area contributed by atoms with Crippen LogP contribution in [0.15, 0.2) is 0 Å². The molecule has 0 aromatic carbocycles. The van der Waals surface area contributed by atoms with Gasteiger partial charge in [-0.05, 0) is 34.6 Å². The lowest BCUT2D eigenvalue weighted by Gasteiger charge is -2.46. The average molecular weight is 621 g/mol. The van der Waals surface area contributed by atoms with Gasteiger partial charge in [-0.3, -0.25) is 4.79 Å². The molecule has 4 heterocycles. The van der Waals surface area contributed by atoms with Crippen molar-refractivity contribution in [3.05, 3.63) is 0 Å². The van der Waals surface area contributed by atoms with E-state index >= 15 is 0 Å². The molecule has 4 aliphatic heterocycles. The number of esters is 1. The van der Waals surface area contributed by atoms with Gasteiger partial charge in [0.05, 0.1) is 48.8 Å². The minimum atomic E-state index is -0.837. The summed E-state index contributed by atoms with van der Waals surface area (Å²) in [6, 6.07) is 0. The molecule has 4 fully saturated rings. The number of hydrogen-bond acceptors (Lipinski definition) is 13. The highest BCUT2D eigenvalue weighted by molar-refractivity contribution is 5.66. The van der Waals surface area contributed by atoms with Crippen molar-refractivity contribution >= 4 is 5.97 Å². The molecule has 1 N–H and O–H groups in total. The number of aliphatic hydroxyl groups is 1. The maximum absolute atomic E-state index is 11.5. The fraction of sp³-hybridized carbons (Fsp3) is 0.967. The molecule has 250 valence electrons. The highest BCUT2D eigenvalue weighted by Gasteiger charge is 2.47. The number of methoxy groups -OCH3 is 3. The lowest BCUT2D eigenvalue weighted by Crippen LogP contribution is -2.57. The smallest absolute Gasteiger partial charge is 0.303 e. The summed E-state index contributed by atoms with van der Waals surface area (Å²) < 4.78 is 65.7. The number of carbonyl (C=O) groups is 1. The Labute approximate surface area is 255 Å². The van der Waals surface area contributed by atoms with Crippen LogP contribution < -0.4 is 0 Å². The molecule has 0 saturated carbocycles. The molecule has 0 aromatic rings. The highest BCUT2D eigenvalue weighted by Crippen LogP contribution is 2.34. The van der Waals surface area contributed by atoms with Crippen LogP contribution in [0.5, 0.6) is 0 Å². The maximum atomic E-state index is 11.5. The molecule has 4 aliphatic rings. The third-order valence-electron chi connectivity index (χ3n) is 8.86. The highest BCUT2D eigenvalue weighted by atomic mass is 16.7. The lowest BCUT2D eigenvalue weighted by atomic mass is 9.98. The second-order valence-corrected chi connectivity index (χ2v) is 12.2. The number of carbonyl (C=O) groups excluding carboxylic acids is 1. The van der Waals surface area contributed by atoms with E-state index in [4.69, 9.17) is 52.1 Å². The lowest BCUT2D eigenvalue weighted by molar-refractivity contribution is -0.341. The van der Waals surface area contributed by atoms with E-state index < -0.39 is 67.6 Å². The first kappa shape index (κ1) is 34.9. The molecule has 0 aromatic heterocycles. The summed E-state index contributed by atoms with van der Waals surface area (Å²) in [5.74, 6) is -0.393. The van der Waals surface area contributed by atoms with Crippen LogP contribution in [0.3, 0.4) is 0 Å². The van der Waals surface area contributed by atoms with Gasteiger partial charge in [-0.2, -0.15) is 0 Å². The summed E-state index contributed by atoms with van der Waals surface area (Å²) in [6.45, 7) is 10.9. The van der Waals surface area contributed by atoms with Crippen molar-refractivity contribution in [1.29, 1.82) is 0 Å². The molecular formula is C30H52O13. The Kier molecular flexibility index (Phi) is 12.6. The van der Waals surface area contributed by atoms with Crippen LogP contribution in [0.25, 0.3) is 0 Å². The van der Waals surface area contributed by atoms with Gasteiger partial charge in [-0.25, -0.2) is 0 Å². The van der Waals surface area contributed by atoms with E-state index in [-0.39, 0.29) is 43.0 Å². The molecule has 0 aliphatic carbocycles. The number of aliphatic hydroxyl groups excluding tert-OH is 1. The SMILES string of the molecule is COC1CC(OC2C(C)OC(OC3C(O)CC(OC4C(C)OC(C)CC4OC)OC3C)CC2OC)OC(C)C1OC(C)=O. The quantitative estimate of drug-likeness (QED) is 0.357. The predicted molar refractivity (Wildman–Crippen MR) is 150 cm³/mol. The van der Waals surface area contributed by atoms with Crippen molar-refractivity contribution in [2.24, 2.45) is 0 Å². The Hall–Kier alpha value is -0.970. The minimum Gasteiger partial charge on any atom is -0.457 e. The fourth-order valence-corrected chi connectivity index (χ4v) is 6.72. The molecule has 0 radical (unpaired) electrons. The third-order valence-corrected chi connectivity index (χ3v) is 8.86. The number of rotatable bonds is 10.